The monoisotopic (exact) mass is 434 g/mol. The highest BCUT2D eigenvalue weighted by Crippen LogP contribution is 2.28. The molecule has 1 atom stereocenters. The maximum Gasteiger partial charge on any atom is 0.417 e. The molecule has 0 radical (unpaired) electrons. The molecule has 0 bridgehead atoms. The van der Waals surface area contributed by atoms with E-state index in [0.29, 0.717) is 21.9 Å². The number of aromatic amines is 1. The normalized spacial score (nSPS) is 14.2. The fourth-order valence-corrected chi connectivity index (χ4v) is 4.18. The van der Waals surface area contributed by atoms with Crippen LogP contribution < -0.4 is 11.1 Å². The molecular formula is C21H14N4O5S. The van der Waals surface area contributed by atoms with Gasteiger partial charge in [-0.15, -0.1) is 11.3 Å². The molecule has 4 aromatic rings. The van der Waals surface area contributed by atoms with E-state index in [1.54, 1.807) is 47.8 Å². The molecule has 1 aliphatic heterocycles. The van der Waals surface area contributed by atoms with E-state index >= 15 is 0 Å². The summed E-state index contributed by atoms with van der Waals surface area (Å²) in [5, 5.41) is 4.74. The maximum atomic E-state index is 12.7. The fourth-order valence-electron chi connectivity index (χ4n) is 3.46. The smallest absolute Gasteiger partial charge is 0.408 e. The van der Waals surface area contributed by atoms with Crippen molar-refractivity contribution in [3.05, 3.63) is 69.5 Å². The lowest BCUT2D eigenvalue weighted by Gasteiger charge is -2.21. The zero-order valence-electron chi connectivity index (χ0n) is 16.0. The van der Waals surface area contributed by atoms with Crippen LogP contribution in [-0.4, -0.2) is 38.6 Å². The predicted molar refractivity (Wildman–Crippen MR) is 113 cm³/mol. The van der Waals surface area contributed by atoms with Gasteiger partial charge in [0.1, 0.15) is 6.04 Å². The van der Waals surface area contributed by atoms with Gasteiger partial charge in [-0.2, -0.15) is 0 Å². The van der Waals surface area contributed by atoms with Gasteiger partial charge >= 0.3 is 5.76 Å². The van der Waals surface area contributed by atoms with Crippen LogP contribution in [0.1, 0.15) is 27.6 Å². The lowest BCUT2D eigenvalue weighted by molar-refractivity contribution is -0.119. The molecule has 0 aliphatic carbocycles. The maximum absolute atomic E-state index is 12.7. The first-order valence-electron chi connectivity index (χ1n) is 9.29. The third kappa shape index (κ3) is 3.13. The Morgan fingerprint density at radius 2 is 1.84 bits per heavy atom. The number of oxazole rings is 1. The van der Waals surface area contributed by atoms with Gasteiger partial charge < -0.3 is 9.73 Å². The van der Waals surface area contributed by atoms with E-state index in [0.717, 1.165) is 10.5 Å². The Balaban J connectivity index is 1.34. The molecule has 10 heteroatoms. The van der Waals surface area contributed by atoms with Gasteiger partial charge in [0.2, 0.25) is 5.91 Å². The molecule has 1 unspecified atom stereocenters. The number of carbonyl (C=O) groups is 3. The van der Waals surface area contributed by atoms with Gasteiger partial charge in [-0.25, -0.2) is 9.78 Å². The van der Waals surface area contributed by atoms with Crippen LogP contribution in [0.2, 0.25) is 0 Å². The number of rotatable bonds is 4. The Bertz CT molecular complexity index is 1400. The average molecular weight is 434 g/mol. The fraction of sp³-hybridized carbons (Fsp3) is 0.0952. The summed E-state index contributed by atoms with van der Waals surface area (Å²) in [6.07, 6.45) is 0. The second kappa shape index (κ2) is 7.03. The number of fused-ring (bicyclic) bond motifs is 2. The molecule has 2 aromatic heterocycles. The largest absolute Gasteiger partial charge is 0.417 e. The Labute approximate surface area is 178 Å². The molecule has 1 aliphatic rings. The van der Waals surface area contributed by atoms with Gasteiger partial charge in [-0.1, -0.05) is 12.1 Å². The lowest BCUT2D eigenvalue weighted by atomic mass is 10.1. The summed E-state index contributed by atoms with van der Waals surface area (Å²) < 4.78 is 4.99. The first kappa shape index (κ1) is 18.9. The van der Waals surface area contributed by atoms with Crippen molar-refractivity contribution in [3.8, 4) is 11.3 Å². The zero-order chi connectivity index (χ0) is 21.7. The van der Waals surface area contributed by atoms with Crippen molar-refractivity contribution in [1.82, 2.24) is 14.9 Å². The molecule has 154 valence electrons. The van der Waals surface area contributed by atoms with E-state index in [9.17, 15) is 19.2 Å². The molecular weight excluding hydrogens is 420 g/mol. The molecule has 0 fully saturated rings. The standard InChI is InChI=1S/C21H14N4O5S/c1-10(25-18(27)12-4-2-3-5-13(12)19(25)28)17(26)24-20-22-15(9-31-20)11-6-7-16-14(8-11)23-21(29)30-16/h2-10H,1H3,(H,23,29)(H,22,24,26). The second-order valence-corrected chi connectivity index (χ2v) is 7.81. The summed E-state index contributed by atoms with van der Waals surface area (Å²) in [6.45, 7) is 1.49. The quantitative estimate of drug-likeness (QED) is 0.476. The van der Waals surface area contributed by atoms with Crippen LogP contribution in [0.5, 0.6) is 0 Å². The minimum atomic E-state index is -1.01. The van der Waals surface area contributed by atoms with Crippen LogP contribution in [0.4, 0.5) is 5.13 Å². The Hall–Kier alpha value is -4.05. The highest BCUT2D eigenvalue weighted by atomic mass is 32.1. The molecule has 31 heavy (non-hydrogen) atoms. The van der Waals surface area contributed by atoms with Crippen molar-refractivity contribution in [2.75, 3.05) is 5.32 Å². The van der Waals surface area contributed by atoms with Crippen LogP contribution in [0.25, 0.3) is 22.4 Å². The van der Waals surface area contributed by atoms with Gasteiger partial charge in [0, 0.05) is 10.9 Å². The number of hydrogen-bond donors (Lipinski definition) is 2. The van der Waals surface area contributed by atoms with E-state index in [4.69, 9.17) is 4.42 Å². The third-order valence-corrected chi connectivity index (χ3v) is 5.80. The number of imide groups is 1. The molecule has 0 saturated carbocycles. The number of anilines is 1. The molecule has 3 heterocycles. The minimum Gasteiger partial charge on any atom is -0.408 e. The number of hydrogen-bond acceptors (Lipinski definition) is 7. The second-order valence-electron chi connectivity index (χ2n) is 6.95. The number of nitrogens with zero attached hydrogens (tertiary/aromatic N) is 2. The number of nitrogens with one attached hydrogen (secondary N) is 2. The topological polar surface area (TPSA) is 125 Å². The minimum absolute atomic E-state index is 0.288. The summed E-state index contributed by atoms with van der Waals surface area (Å²) in [6, 6.07) is 10.6. The van der Waals surface area contributed by atoms with Crippen LogP contribution in [0.15, 0.2) is 57.1 Å². The van der Waals surface area contributed by atoms with E-state index < -0.39 is 29.5 Å². The van der Waals surface area contributed by atoms with Gasteiger partial charge in [0.15, 0.2) is 10.7 Å². The molecule has 2 N–H and O–H groups in total. The molecule has 9 nitrogen and oxygen atoms in total. The predicted octanol–water partition coefficient (Wildman–Crippen LogP) is 2.87. The number of benzene rings is 2. The van der Waals surface area contributed by atoms with Crippen LogP contribution >= 0.6 is 11.3 Å². The van der Waals surface area contributed by atoms with Crippen LogP contribution in [0.3, 0.4) is 0 Å². The molecule has 3 amide bonds. The van der Waals surface area contributed by atoms with Gasteiger partial charge in [-0.3, -0.25) is 24.3 Å². The van der Waals surface area contributed by atoms with Crippen molar-refractivity contribution in [2.24, 2.45) is 0 Å². The summed E-state index contributed by atoms with van der Waals surface area (Å²) in [5.74, 6) is -2.05. The molecule has 2 aromatic carbocycles. The first-order chi connectivity index (χ1) is 14.9. The van der Waals surface area contributed by atoms with Crippen molar-refractivity contribution in [2.45, 2.75) is 13.0 Å². The van der Waals surface area contributed by atoms with Crippen molar-refractivity contribution in [1.29, 1.82) is 0 Å². The SMILES string of the molecule is CC(C(=O)Nc1nc(-c2ccc3oc(=O)[nH]c3c2)cs1)N1C(=O)c2ccccc2C1=O. The summed E-state index contributed by atoms with van der Waals surface area (Å²) in [7, 11) is 0. The summed E-state index contributed by atoms with van der Waals surface area (Å²) in [4.78, 5) is 57.1. The number of H-pyrrole nitrogens is 1. The number of carbonyl (C=O) groups excluding carboxylic acids is 3. The lowest BCUT2D eigenvalue weighted by Crippen LogP contribution is -2.45. The van der Waals surface area contributed by atoms with E-state index in [1.807, 2.05) is 0 Å². The highest BCUT2D eigenvalue weighted by molar-refractivity contribution is 7.14. The number of thiazole rings is 1. The van der Waals surface area contributed by atoms with Crippen molar-refractivity contribution in [3.63, 3.8) is 0 Å². The summed E-state index contributed by atoms with van der Waals surface area (Å²) >= 11 is 1.21. The summed E-state index contributed by atoms with van der Waals surface area (Å²) in [5.41, 5.74) is 2.88. The average Bonchev–Trinajstić information content (AvgIpc) is 3.44. The van der Waals surface area contributed by atoms with E-state index in [1.165, 1.54) is 18.3 Å². The molecule has 0 saturated heterocycles. The van der Waals surface area contributed by atoms with Crippen LogP contribution in [-0.2, 0) is 4.79 Å². The first-order valence-corrected chi connectivity index (χ1v) is 10.2. The van der Waals surface area contributed by atoms with Crippen molar-refractivity contribution >= 4 is 45.3 Å². The number of aromatic nitrogens is 2. The Morgan fingerprint density at radius 1 is 1.13 bits per heavy atom. The van der Waals surface area contributed by atoms with Gasteiger partial charge in [-0.05, 0) is 37.3 Å². The van der Waals surface area contributed by atoms with Crippen molar-refractivity contribution < 1.29 is 18.8 Å². The highest BCUT2D eigenvalue weighted by Gasteiger charge is 2.40. The Kier molecular flexibility index (Phi) is 4.29. The number of amides is 3. The zero-order valence-corrected chi connectivity index (χ0v) is 16.9. The third-order valence-electron chi connectivity index (χ3n) is 5.04. The molecule has 0 spiro atoms. The van der Waals surface area contributed by atoms with Gasteiger partial charge in [0.05, 0.1) is 22.3 Å². The van der Waals surface area contributed by atoms with Crippen LogP contribution in [0, 0.1) is 0 Å². The van der Waals surface area contributed by atoms with E-state index in [-0.39, 0.29) is 11.1 Å². The Morgan fingerprint density at radius 3 is 2.55 bits per heavy atom. The van der Waals surface area contributed by atoms with Gasteiger partial charge in [0.25, 0.3) is 11.8 Å². The molecule has 5 rings (SSSR count). The van der Waals surface area contributed by atoms with E-state index in [2.05, 4.69) is 15.3 Å².